The number of carbonyl (C=O) groups excluding carboxylic acids is 2. The van der Waals surface area contributed by atoms with Gasteiger partial charge in [0.15, 0.2) is 5.78 Å². The molecule has 134 valence electrons. The molecule has 0 unspecified atom stereocenters. The number of carboxylic acid groups (broad SMARTS) is 1. The number of hydrogen-bond acceptors (Lipinski definition) is 4. The number of aromatic nitrogens is 1. The summed E-state index contributed by atoms with van der Waals surface area (Å²) in [6.07, 6.45) is 1.10. The van der Waals surface area contributed by atoms with Crippen molar-refractivity contribution in [3.8, 4) is 0 Å². The third-order valence-electron chi connectivity index (χ3n) is 4.23. The molecule has 0 spiro atoms. The molecule has 25 heavy (non-hydrogen) atoms. The van der Waals surface area contributed by atoms with Gasteiger partial charge in [-0.1, -0.05) is 13.8 Å². The standard InChI is InChI=1S/C18H22N2O4S/c1-6-11-10(5)25-17(14(11)18(23)24)20-16(22)15-12(7-2)13(9(4)21)8(3)19-15/h19H,6-7H2,1-5H3,(H,20,22)(H,23,24). The van der Waals surface area contributed by atoms with Gasteiger partial charge in [0.05, 0.1) is 5.56 Å². The smallest absolute Gasteiger partial charge is 0.339 e. The van der Waals surface area contributed by atoms with Crippen molar-refractivity contribution in [3.05, 3.63) is 38.5 Å². The first-order valence-electron chi connectivity index (χ1n) is 8.12. The Balaban J connectivity index is 2.47. The van der Waals surface area contributed by atoms with Gasteiger partial charge in [-0.3, -0.25) is 9.59 Å². The molecule has 0 aromatic carbocycles. The van der Waals surface area contributed by atoms with Gasteiger partial charge in [-0.15, -0.1) is 11.3 Å². The Labute approximate surface area is 150 Å². The number of Topliss-reactive ketones (excluding diaryl/α,β-unsaturated/α-hetero) is 1. The molecule has 1 amide bonds. The van der Waals surface area contributed by atoms with Crippen molar-refractivity contribution in [2.75, 3.05) is 5.32 Å². The number of hydrogen-bond donors (Lipinski definition) is 3. The van der Waals surface area contributed by atoms with Gasteiger partial charge < -0.3 is 15.4 Å². The van der Waals surface area contributed by atoms with Crippen molar-refractivity contribution in [1.82, 2.24) is 4.98 Å². The Morgan fingerprint density at radius 2 is 1.68 bits per heavy atom. The summed E-state index contributed by atoms with van der Waals surface area (Å²) in [6.45, 7) is 8.82. The van der Waals surface area contributed by atoms with E-state index in [9.17, 15) is 19.5 Å². The van der Waals surface area contributed by atoms with Crippen LogP contribution in [0.3, 0.4) is 0 Å². The second-order valence-electron chi connectivity index (χ2n) is 5.84. The van der Waals surface area contributed by atoms with Crippen molar-refractivity contribution >= 4 is 34.0 Å². The highest BCUT2D eigenvalue weighted by molar-refractivity contribution is 7.16. The van der Waals surface area contributed by atoms with Crippen LogP contribution in [-0.4, -0.2) is 27.8 Å². The van der Waals surface area contributed by atoms with Crippen LogP contribution < -0.4 is 5.32 Å². The number of carboxylic acids is 1. The fourth-order valence-electron chi connectivity index (χ4n) is 3.19. The highest BCUT2D eigenvalue weighted by Gasteiger charge is 2.25. The van der Waals surface area contributed by atoms with Crippen molar-refractivity contribution in [2.24, 2.45) is 0 Å². The number of thiophene rings is 1. The first kappa shape index (κ1) is 18.9. The summed E-state index contributed by atoms with van der Waals surface area (Å²) in [5, 5.41) is 12.5. The van der Waals surface area contributed by atoms with E-state index < -0.39 is 11.9 Å². The minimum Gasteiger partial charge on any atom is -0.478 e. The molecule has 0 aliphatic heterocycles. The molecule has 2 aromatic rings. The van der Waals surface area contributed by atoms with Gasteiger partial charge in [-0.25, -0.2) is 4.79 Å². The molecule has 0 saturated heterocycles. The van der Waals surface area contributed by atoms with E-state index in [4.69, 9.17) is 0 Å². The van der Waals surface area contributed by atoms with E-state index in [0.717, 1.165) is 10.4 Å². The Morgan fingerprint density at radius 3 is 2.16 bits per heavy atom. The summed E-state index contributed by atoms with van der Waals surface area (Å²) in [6, 6.07) is 0. The molecule has 0 atom stereocenters. The summed E-state index contributed by atoms with van der Waals surface area (Å²) in [5.41, 5.74) is 3.02. The van der Waals surface area contributed by atoms with Crippen molar-refractivity contribution in [2.45, 2.75) is 47.5 Å². The zero-order chi connectivity index (χ0) is 18.9. The van der Waals surface area contributed by atoms with E-state index in [-0.39, 0.29) is 11.3 Å². The van der Waals surface area contributed by atoms with Crippen LogP contribution >= 0.6 is 11.3 Å². The third kappa shape index (κ3) is 3.37. The normalized spacial score (nSPS) is 10.8. The topological polar surface area (TPSA) is 99.3 Å². The third-order valence-corrected chi connectivity index (χ3v) is 5.29. The van der Waals surface area contributed by atoms with Crippen LogP contribution in [0.4, 0.5) is 5.00 Å². The Kier molecular flexibility index (Phi) is 5.47. The van der Waals surface area contributed by atoms with Gasteiger partial charge in [0.25, 0.3) is 5.91 Å². The second kappa shape index (κ2) is 7.23. The van der Waals surface area contributed by atoms with E-state index in [1.54, 1.807) is 6.92 Å². The molecule has 2 aromatic heterocycles. The Morgan fingerprint density at radius 1 is 1.08 bits per heavy atom. The summed E-state index contributed by atoms with van der Waals surface area (Å²) in [5.74, 6) is -1.59. The maximum atomic E-state index is 12.7. The van der Waals surface area contributed by atoms with E-state index in [2.05, 4.69) is 10.3 Å². The first-order valence-corrected chi connectivity index (χ1v) is 8.93. The lowest BCUT2D eigenvalue weighted by molar-refractivity contribution is 0.0697. The molecule has 2 heterocycles. The number of aryl methyl sites for hydroxylation is 2. The van der Waals surface area contributed by atoms with Gasteiger partial charge in [0.1, 0.15) is 10.7 Å². The van der Waals surface area contributed by atoms with E-state index in [1.807, 2.05) is 20.8 Å². The Bertz CT molecular complexity index is 861. The van der Waals surface area contributed by atoms with Crippen molar-refractivity contribution in [3.63, 3.8) is 0 Å². The monoisotopic (exact) mass is 362 g/mol. The lowest BCUT2D eigenvalue weighted by Gasteiger charge is -2.06. The van der Waals surface area contributed by atoms with Gasteiger partial charge in [0.2, 0.25) is 0 Å². The molecule has 0 fully saturated rings. The van der Waals surface area contributed by atoms with Crippen molar-refractivity contribution in [1.29, 1.82) is 0 Å². The quantitative estimate of drug-likeness (QED) is 0.677. The predicted molar refractivity (Wildman–Crippen MR) is 98.3 cm³/mol. The van der Waals surface area contributed by atoms with Crippen LogP contribution in [0, 0.1) is 13.8 Å². The van der Waals surface area contributed by atoms with Crippen molar-refractivity contribution < 1.29 is 19.5 Å². The SMILES string of the molecule is CCc1c(C(=O)Nc2sc(C)c(CC)c2C(=O)O)[nH]c(C)c1C(C)=O. The molecule has 0 aliphatic carbocycles. The highest BCUT2D eigenvalue weighted by atomic mass is 32.1. The van der Waals surface area contributed by atoms with E-state index in [0.29, 0.717) is 40.4 Å². The van der Waals surface area contributed by atoms with Crippen LogP contribution in [0.5, 0.6) is 0 Å². The number of nitrogens with one attached hydrogen (secondary N) is 2. The number of carbonyl (C=O) groups is 3. The lowest BCUT2D eigenvalue weighted by Crippen LogP contribution is -2.16. The predicted octanol–water partition coefficient (Wildman–Crippen LogP) is 3.97. The Hall–Kier alpha value is -2.41. The molecule has 2 rings (SSSR count). The zero-order valence-electron chi connectivity index (χ0n) is 15.0. The number of rotatable bonds is 6. The highest BCUT2D eigenvalue weighted by Crippen LogP contribution is 2.34. The average Bonchev–Trinajstić information content (AvgIpc) is 3.03. The minimum absolute atomic E-state index is 0.101. The summed E-state index contributed by atoms with van der Waals surface area (Å²) >= 11 is 1.25. The molecular weight excluding hydrogens is 340 g/mol. The minimum atomic E-state index is -1.06. The lowest BCUT2D eigenvalue weighted by atomic mass is 10.0. The molecule has 0 radical (unpaired) electrons. The molecule has 0 aliphatic rings. The molecule has 0 saturated carbocycles. The van der Waals surface area contributed by atoms with Crippen LogP contribution in [0.15, 0.2) is 0 Å². The van der Waals surface area contributed by atoms with Crippen LogP contribution in [-0.2, 0) is 12.8 Å². The van der Waals surface area contributed by atoms with Gasteiger partial charge >= 0.3 is 5.97 Å². The maximum absolute atomic E-state index is 12.7. The fraction of sp³-hybridized carbons (Fsp3) is 0.389. The summed E-state index contributed by atoms with van der Waals surface area (Å²) in [7, 11) is 0. The van der Waals surface area contributed by atoms with Gasteiger partial charge in [-0.05, 0) is 44.7 Å². The van der Waals surface area contributed by atoms with E-state index in [1.165, 1.54) is 18.3 Å². The largest absolute Gasteiger partial charge is 0.478 e. The number of anilines is 1. The van der Waals surface area contributed by atoms with Crippen LogP contribution in [0.1, 0.15) is 73.7 Å². The van der Waals surface area contributed by atoms with Crippen LogP contribution in [0.2, 0.25) is 0 Å². The number of amides is 1. The number of ketones is 1. The maximum Gasteiger partial charge on any atom is 0.339 e. The number of aromatic amines is 1. The summed E-state index contributed by atoms with van der Waals surface area (Å²) in [4.78, 5) is 40.0. The van der Waals surface area contributed by atoms with Gasteiger partial charge in [-0.2, -0.15) is 0 Å². The number of aromatic carboxylic acids is 1. The zero-order valence-corrected chi connectivity index (χ0v) is 15.8. The van der Waals surface area contributed by atoms with Gasteiger partial charge in [0, 0.05) is 16.1 Å². The number of H-pyrrole nitrogens is 1. The molecular formula is C18H22N2O4S. The fourth-order valence-corrected chi connectivity index (χ4v) is 4.32. The first-order chi connectivity index (χ1) is 11.7. The van der Waals surface area contributed by atoms with E-state index >= 15 is 0 Å². The molecule has 0 bridgehead atoms. The average molecular weight is 362 g/mol. The van der Waals surface area contributed by atoms with Crippen LogP contribution in [0.25, 0.3) is 0 Å². The second-order valence-corrected chi connectivity index (χ2v) is 7.07. The molecule has 7 heteroatoms. The molecule has 3 N–H and O–H groups in total. The summed E-state index contributed by atoms with van der Waals surface area (Å²) < 4.78 is 0. The molecule has 6 nitrogen and oxygen atoms in total.